The number of carboxylic acid groups (broad SMARTS) is 2. The average molecular weight is 309 g/mol. The minimum absolute atomic E-state index is 0.336. The average Bonchev–Trinajstić information content (AvgIpc) is 2.38. The summed E-state index contributed by atoms with van der Waals surface area (Å²) in [7, 11) is 1.64. The summed E-state index contributed by atoms with van der Waals surface area (Å²) >= 11 is 0. The summed E-state index contributed by atoms with van der Waals surface area (Å²) in [5.74, 6) is -2.76. The van der Waals surface area contributed by atoms with Crippen molar-refractivity contribution in [3.8, 4) is 0 Å². The van der Waals surface area contributed by atoms with Gasteiger partial charge in [0.15, 0.2) is 0 Å². The second kappa shape index (κ2) is 8.80. The monoisotopic (exact) mass is 309 g/mol. The molecule has 0 fully saturated rings. The molecule has 0 saturated carbocycles. The summed E-state index contributed by atoms with van der Waals surface area (Å²) in [6.45, 7) is 0.912. The zero-order valence-corrected chi connectivity index (χ0v) is 11.0. The predicted octanol–water partition coefficient (Wildman–Crippen LogP) is 2.23. The smallest absolute Gasteiger partial charge is 0.475 e. The number of halogens is 3. The Labute approximate surface area is 118 Å². The molecular weight excluding hydrogens is 295 g/mol. The van der Waals surface area contributed by atoms with Gasteiger partial charge in [0.05, 0.1) is 6.61 Å². The van der Waals surface area contributed by atoms with Crippen molar-refractivity contribution in [2.75, 3.05) is 7.11 Å². The zero-order chi connectivity index (χ0) is 16.5. The van der Waals surface area contributed by atoms with Crippen LogP contribution in [0.5, 0.6) is 0 Å². The van der Waals surface area contributed by atoms with Crippen LogP contribution in [0.15, 0.2) is 24.3 Å². The molecular formula is C12H14F3NO5. The van der Waals surface area contributed by atoms with Crippen molar-refractivity contribution in [2.45, 2.75) is 19.3 Å². The number of nitrogens with one attached hydrogen (secondary N) is 1. The number of amides is 1. The number of methoxy groups -OCH3 is 1. The second-order valence-corrected chi connectivity index (χ2v) is 3.71. The molecule has 0 radical (unpaired) electrons. The van der Waals surface area contributed by atoms with Gasteiger partial charge >= 0.3 is 18.2 Å². The summed E-state index contributed by atoms with van der Waals surface area (Å²) in [4.78, 5) is 19.1. The van der Waals surface area contributed by atoms with Crippen LogP contribution < -0.4 is 5.32 Å². The first kappa shape index (κ1) is 18.7. The van der Waals surface area contributed by atoms with E-state index < -0.39 is 18.2 Å². The fraction of sp³-hybridized carbons (Fsp3) is 0.333. The minimum atomic E-state index is -5.08. The summed E-state index contributed by atoms with van der Waals surface area (Å²) in [6, 6.07) is 7.60. The fourth-order valence-electron chi connectivity index (χ4n) is 1.10. The number of benzene rings is 1. The molecule has 0 unspecified atom stereocenters. The number of rotatable bonds is 4. The van der Waals surface area contributed by atoms with Crippen LogP contribution in [0.25, 0.3) is 0 Å². The number of aliphatic carboxylic acids is 1. The minimum Gasteiger partial charge on any atom is -0.475 e. The van der Waals surface area contributed by atoms with Crippen molar-refractivity contribution in [1.82, 2.24) is 5.32 Å². The molecule has 0 aliphatic heterocycles. The summed E-state index contributed by atoms with van der Waals surface area (Å²) in [5, 5.41) is 17.8. The van der Waals surface area contributed by atoms with E-state index in [4.69, 9.17) is 19.7 Å². The van der Waals surface area contributed by atoms with Crippen LogP contribution in [-0.2, 0) is 22.7 Å². The van der Waals surface area contributed by atoms with Crippen LogP contribution in [0, 0.1) is 0 Å². The Morgan fingerprint density at radius 2 is 1.57 bits per heavy atom. The van der Waals surface area contributed by atoms with Crippen molar-refractivity contribution in [3.05, 3.63) is 35.4 Å². The van der Waals surface area contributed by atoms with Crippen molar-refractivity contribution in [2.24, 2.45) is 0 Å². The second-order valence-electron chi connectivity index (χ2n) is 3.71. The lowest BCUT2D eigenvalue weighted by Gasteiger charge is -2.03. The van der Waals surface area contributed by atoms with E-state index in [1.807, 2.05) is 24.3 Å². The normalized spacial score (nSPS) is 10.3. The Bertz CT molecular complexity index is 459. The van der Waals surface area contributed by atoms with E-state index >= 15 is 0 Å². The Hall–Kier alpha value is -2.29. The highest BCUT2D eigenvalue weighted by Crippen LogP contribution is 2.13. The van der Waals surface area contributed by atoms with Crippen molar-refractivity contribution in [3.63, 3.8) is 0 Å². The first-order valence-corrected chi connectivity index (χ1v) is 5.50. The largest absolute Gasteiger partial charge is 0.490 e. The van der Waals surface area contributed by atoms with Gasteiger partial charge in [0.25, 0.3) is 0 Å². The Morgan fingerprint density at radius 3 is 1.90 bits per heavy atom. The molecule has 0 aliphatic carbocycles. The van der Waals surface area contributed by atoms with Crippen molar-refractivity contribution in [1.29, 1.82) is 0 Å². The molecule has 21 heavy (non-hydrogen) atoms. The molecule has 118 valence electrons. The maximum Gasteiger partial charge on any atom is 0.490 e. The summed E-state index contributed by atoms with van der Waals surface area (Å²) in [6.07, 6.45) is -6.09. The van der Waals surface area contributed by atoms with Crippen molar-refractivity contribution >= 4 is 12.1 Å². The Balaban J connectivity index is 0.000000486. The van der Waals surface area contributed by atoms with Crippen LogP contribution in [0.2, 0.25) is 0 Å². The first-order valence-electron chi connectivity index (χ1n) is 5.50. The third-order valence-corrected chi connectivity index (χ3v) is 2.02. The third kappa shape index (κ3) is 9.27. The van der Waals surface area contributed by atoms with E-state index in [0.29, 0.717) is 13.2 Å². The number of ether oxygens (including phenoxy) is 1. The lowest BCUT2D eigenvalue weighted by molar-refractivity contribution is -0.192. The van der Waals surface area contributed by atoms with Gasteiger partial charge in [-0.1, -0.05) is 24.3 Å². The van der Waals surface area contributed by atoms with E-state index in [9.17, 15) is 18.0 Å². The molecule has 0 atom stereocenters. The molecule has 1 aromatic carbocycles. The predicted molar refractivity (Wildman–Crippen MR) is 65.7 cm³/mol. The molecule has 0 aromatic heterocycles. The summed E-state index contributed by atoms with van der Waals surface area (Å²) in [5.41, 5.74) is 2.01. The Kier molecular flexibility index (Phi) is 7.84. The lowest BCUT2D eigenvalue weighted by Crippen LogP contribution is -2.21. The SMILES string of the molecule is COCc1ccc(CNC(=O)O)cc1.O=C(O)C(F)(F)F. The Morgan fingerprint density at radius 1 is 1.14 bits per heavy atom. The van der Waals surface area contributed by atoms with Crippen LogP contribution in [0.1, 0.15) is 11.1 Å². The quantitative estimate of drug-likeness (QED) is 0.792. The number of hydrogen-bond donors (Lipinski definition) is 3. The number of carboxylic acids is 1. The van der Waals surface area contributed by atoms with E-state index in [2.05, 4.69) is 5.32 Å². The molecule has 0 bridgehead atoms. The molecule has 1 aromatic rings. The molecule has 1 rings (SSSR count). The van der Waals surface area contributed by atoms with Crippen LogP contribution in [0.4, 0.5) is 18.0 Å². The molecule has 0 saturated heterocycles. The van der Waals surface area contributed by atoms with E-state index in [1.54, 1.807) is 7.11 Å². The third-order valence-electron chi connectivity index (χ3n) is 2.02. The van der Waals surface area contributed by atoms with Crippen LogP contribution in [-0.4, -0.2) is 35.6 Å². The fourth-order valence-corrected chi connectivity index (χ4v) is 1.10. The molecule has 9 heteroatoms. The van der Waals surface area contributed by atoms with E-state index in [1.165, 1.54) is 0 Å². The molecule has 0 heterocycles. The van der Waals surface area contributed by atoms with Gasteiger partial charge in [0.1, 0.15) is 0 Å². The lowest BCUT2D eigenvalue weighted by atomic mass is 10.1. The first-order chi connectivity index (χ1) is 9.66. The van der Waals surface area contributed by atoms with Crippen LogP contribution in [0.3, 0.4) is 0 Å². The van der Waals surface area contributed by atoms with Gasteiger partial charge in [-0.2, -0.15) is 13.2 Å². The van der Waals surface area contributed by atoms with Crippen LogP contribution >= 0.6 is 0 Å². The van der Waals surface area contributed by atoms with Gasteiger partial charge in [0, 0.05) is 13.7 Å². The van der Waals surface area contributed by atoms with E-state index in [0.717, 1.165) is 11.1 Å². The number of hydrogen-bond acceptors (Lipinski definition) is 3. The highest BCUT2D eigenvalue weighted by Gasteiger charge is 2.38. The van der Waals surface area contributed by atoms with Gasteiger partial charge in [-0.25, -0.2) is 9.59 Å². The highest BCUT2D eigenvalue weighted by atomic mass is 19.4. The maximum atomic E-state index is 10.6. The number of alkyl halides is 3. The maximum absolute atomic E-state index is 10.6. The van der Waals surface area contributed by atoms with Gasteiger partial charge in [-0.15, -0.1) is 0 Å². The van der Waals surface area contributed by atoms with E-state index in [-0.39, 0.29) is 0 Å². The molecule has 6 nitrogen and oxygen atoms in total. The highest BCUT2D eigenvalue weighted by molar-refractivity contribution is 5.73. The molecule has 1 amide bonds. The molecule has 3 N–H and O–H groups in total. The number of carbonyl (C=O) groups is 2. The van der Waals surface area contributed by atoms with Gasteiger partial charge in [-0.05, 0) is 11.1 Å². The van der Waals surface area contributed by atoms with Crippen molar-refractivity contribution < 1.29 is 37.7 Å². The zero-order valence-electron chi connectivity index (χ0n) is 11.0. The molecule has 0 spiro atoms. The van der Waals surface area contributed by atoms with Gasteiger partial charge < -0.3 is 20.3 Å². The van der Waals surface area contributed by atoms with Gasteiger partial charge in [-0.3, -0.25) is 0 Å². The summed E-state index contributed by atoms with van der Waals surface area (Å²) < 4.78 is 36.7. The van der Waals surface area contributed by atoms with Gasteiger partial charge in [0.2, 0.25) is 0 Å². The standard InChI is InChI=1S/C10H13NO3.C2HF3O2/c1-14-7-9-4-2-8(3-5-9)6-11-10(12)13;3-2(4,5)1(6)7/h2-5,11H,6-7H2,1H3,(H,12,13);(H,6,7). The topological polar surface area (TPSA) is 95.9 Å². The molecule has 0 aliphatic rings.